The minimum atomic E-state index is -0.795. The number of ether oxygens (including phenoxy) is 1. The molecule has 28 heavy (non-hydrogen) atoms. The van der Waals surface area contributed by atoms with Gasteiger partial charge in [-0.3, -0.25) is 4.79 Å². The van der Waals surface area contributed by atoms with Gasteiger partial charge in [0.25, 0.3) is 0 Å². The Morgan fingerprint density at radius 2 is 1.86 bits per heavy atom. The Hall–Kier alpha value is -2.98. The van der Waals surface area contributed by atoms with E-state index in [1.165, 1.54) is 7.11 Å². The Labute approximate surface area is 164 Å². The highest BCUT2D eigenvalue weighted by Crippen LogP contribution is 2.26. The van der Waals surface area contributed by atoms with Crippen molar-refractivity contribution < 1.29 is 9.53 Å². The van der Waals surface area contributed by atoms with E-state index >= 15 is 0 Å². The van der Waals surface area contributed by atoms with Gasteiger partial charge in [-0.15, -0.1) is 0 Å². The maximum Gasteiger partial charge on any atom is 0.316 e. The summed E-state index contributed by atoms with van der Waals surface area (Å²) >= 11 is 0. The van der Waals surface area contributed by atoms with Crippen LogP contribution in [-0.2, 0) is 4.79 Å². The molecule has 0 aliphatic heterocycles. The van der Waals surface area contributed by atoms with E-state index in [1.54, 1.807) is 12.4 Å². The first-order chi connectivity index (χ1) is 13.6. The summed E-state index contributed by atoms with van der Waals surface area (Å²) in [5.41, 5.74) is 8.10. The van der Waals surface area contributed by atoms with E-state index in [9.17, 15) is 10.1 Å². The highest BCUT2D eigenvalue weighted by Gasteiger charge is 2.35. The van der Waals surface area contributed by atoms with Crippen molar-refractivity contribution in [2.24, 2.45) is 5.73 Å². The summed E-state index contributed by atoms with van der Waals surface area (Å²) < 4.78 is 4.97. The third-order valence-corrected chi connectivity index (χ3v) is 5.28. The van der Waals surface area contributed by atoms with E-state index in [-0.39, 0.29) is 12.5 Å². The molecule has 1 aliphatic carbocycles. The molecule has 7 heteroatoms. The molecule has 3 rings (SSSR count). The second-order valence-electron chi connectivity index (χ2n) is 7.19. The van der Waals surface area contributed by atoms with Crippen LogP contribution >= 0.6 is 0 Å². The molecule has 1 amide bonds. The molecule has 1 atom stereocenters. The number of nitriles is 1. The number of hydrogen-bond donors (Lipinski definition) is 2. The Bertz CT molecular complexity index is 837. The zero-order valence-electron chi connectivity index (χ0n) is 16.0. The van der Waals surface area contributed by atoms with Crippen LogP contribution in [-0.4, -0.2) is 35.1 Å². The van der Waals surface area contributed by atoms with E-state index < -0.39 is 11.5 Å². The molecule has 0 saturated heterocycles. The normalized spacial score (nSPS) is 16.6. The van der Waals surface area contributed by atoms with E-state index in [0.717, 1.165) is 36.0 Å². The maximum atomic E-state index is 12.5. The number of benzene rings is 1. The Morgan fingerprint density at radius 3 is 2.43 bits per heavy atom. The minimum absolute atomic E-state index is 0.153. The highest BCUT2D eigenvalue weighted by atomic mass is 16.5. The van der Waals surface area contributed by atoms with E-state index in [2.05, 4.69) is 21.4 Å². The Kier molecular flexibility index (Phi) is 6.22. The lowest BCUT2D eigenvalue weighted by Crippen LogP contribution is -2.55. The number of amides is 1. The molecule has 1 fully saturated rings. The van der Waals surface area contributed by atoms with Gasteiger partial charge >= 0.3 is 6.01 Å². The van der Waals surface area contributed by atoms with Crippen LogP contribution in [0, 0.1) is 11.3 Å². The van der Waals surface area contributed by atoms with Gasteiger partial charge in [-0.1, -0.05) is 43.5 Å². The van der Waals surface area contributed by atoms with Gasteiger partial charge in [0.15, 0.2) is 0 Å². The van der Waals surface area contributed by atoms with Gasteiger partial charge in [-0.25, -0.2) is 9.97 Å². The first-order valence-corrected chi connectivity index (χ1v) is 9.49. The van der Waals surface area contributed by atoms with Crippen molar-refractivity contribution in [2.45, 2.75) is 43.6 Å². The second-order valence-corrected chi connectivity index (χ2v) is 7.19. The number of carbonyl (C=O) groups is 1. The van der Waals surface area contributed by atoms with Crippen molar-refractivity contribution in [1.29, 1.82) is 5.26 Å². The average molecular weight is 379 g/mol. The fourth-order valence-electron chi connectivity index (χ4n) is 3.50. The van der Waals surface area contributed by atoms with E-state index in [0.29, 0.717) is 18.9 Å². The molecule has 3 N–H and O–H groups in total. The van der Waals surface area contributed by atoms with Crippen LogP contribution in [0.1, 0.15) is 43.6 Å². The summed E-state index contributed by atoms with van der Waals surface area (Å²) in [5.74, 6) is -0.586. The van der Waals surface area contributed by atoms with Gasteiger partial charge < -0.3 is 15.8 Å². The lowest BCUT2D eigenvalue weighted by Gasteiger charge is -2.32. The molecule has 1 aliphatic rings. The molecule has 1 saturated carbocycles. The summed E-state index contributed by atoms with van der Waals surface area (Å²) in [4.78, 5) is 20.7. The molecule has 1 heterocycles. The summed E-state index contributed by atoms with van der Waals surface area (Å²) in [6.45, 7) is 0.249. The predicted molar refractivity (Wildman–Crippen MR) is 105 cm³/mol. The van der Waals surface area contributed by atoms with Crippen LogP contribution in [0.5, 0.6) is 6.01 Å². The number of carbonyl (C=O) groups excluding carboxylic acids is 1. The number of nitrogens with one attached hydrogen (secondary N) is 1. The van der Waals surface area contributed by atoms with Crippen LogP contribution in [0.3, 0.4) is 0 Å². The quantitative estimate of drug-likeness (QED) is 0.797. The van der Waals surface area contributed by atoms with Crippen LogP contribution in [0.4, 0.5) is 0 Å². The smallest absolute Gasteiger partial charge is 0.316 e. The number of methoxy groups -OCH3 is 1. The number of nitrogens with zero attached hydrogens (tertiary/aromatic N) is 3. The van der Waals surface area contributed by atoms with E-state index in [4.69, 9.17) is 10.5 Å². The van der Waals surface area contributed by atoms with Gasteiger partial charge in [-0.05, 0) is 24.0 Å². The summed E-state index contributed by atoms with van der Waals surface area (Å²) in [7, 11) is 1.52. The van der Waals surface area contributed by atoms with Gasteiger partial charge in [0.05, 0.1) is 24.6 Å². The predicted octanol–water partition coefficient (Wildman–Crippen LogP) is 2.54. The lowest BCUT2D eigenvalue weighted by atomic mass is 9.82. The third kappa shape index (κ3) is 4.46. The monoisotopic (exact) mass is 379 g/mol. The summed E-state index contributed by atoms with van der Waals surface area (Å²) in [6, 6.07) is 10.2. The average Bonchev–Trinajstić information content (AvgIpc) is 2.75. The number of aromatic nitrogens is 2. The topological polar surface area (TPSA) is 114 Å². The number of rotatable bonds is 6. The molecule has 1 aromatic heterocycles. The molecular weight excluding hydrogens is 354 g/mol. The largest absolute Gasteiger partial charge is 0.467 e. The molecular formula is C21H25N5O2. The first-order valence-electron chi connectivity index (χ1n) is 9.49. The molecule has 0 radical (unpaired) electrons. The van der Waals surface area contributed by atoms with Crippen LogP contribution in [0.2, 0.25) is 0 Å². The number of nitrogens with two attached hydrogens (primary N) is 1. The van der Waals surface area contributed by atoms with Gasteiger partial charge in [-0.2, -0.15) is 5.26 Å². The fourth-order valence-corrected chi connectivity index (χ4v) is 3.50. The van der Waals surface area contributed by atoms with Crippen molar-refractivity contribution in [3.63, 3.8) is 0 Å². The van der Waals surface area contributed by atoms with Crippen molar-refractivity contribution in [1.82, 2.24) is 15.3 Å². The molecule has 2 aromatic rings. The van der Waals surface area contributed by atoms with Crippen LogP contribution < -0.4 is 15.8 Å². The molecule has 1 aromatic carbocycles. The van der Waals surface area contributed by atoms with Crippen LogP contribution in [0.15, 0.2) is 36.7 Å². The van der Waals surface area contributed by atoms with Crippen molar-refractivity contribution in [3.05, 3.63) is 42.2 Å². The summed E-state index contributed by atoms with van der Waals surface area (Å²) in [6.07, 6.45) is 7.85. The Balaban J connectivity index is 1.64. The summed E-state index contributed by atoms with van der Waals surface area (Å²) in [5, 5.41) is 12.4. The zero-order valence-corrected chi connectivity index (χ0v) is 16.0. The first kappa shape index (κ1) is 19.8. The number of hydrogen-bond acceptors (Lipinski definition) is 6. The van der Waals surface area contributed by atoms with Crippen molar-refractivity contribution >= 4 is 5.91 Å². The highest BCUT2D eigenvalue weighted by molar-refractivity contribution is 5.86. The van der Waals surface area contributed by atoms with Gasteiger partial charge in [0, 0.05) is 24.5 Å². The van der Waals surface area contributed by atoms with E-state index in [1.807, 2.05) is 24.3 Å². The second kappa shape index (κ2) is 8.81. The van der Waals surface area contributed by atoms with Crippen molar-refractivity contribution in [2.75, 3.05) is 13.7 Å². The minimum Gasteiger partial charge on any atom is -0.467 e. The standard InChI is InChI=1S/C21H25N5O2/c1-28-20-25-13-18(14-26-20)16-7-5-15(6-8-16)17(11-22)12-24-19(27)21(23)9-3-2-4-10-21/h5-8,13-14,17H,2-4,9-10,12,23H2,1H3,(H,24,27). The zero-order chi connectivity index (χ0) is 20.0. The third-order valence-electron chi connectivity index (χ3n) is 5.28. The maximum absolute atomic E-state index is 12.5. The van der Waals surface area contributed by atoms with Gasteiger partial charge in [0.2, 0.25) is 5.91 Å². The Morgan fingerprint density at radius 1 is 1.21 bits per heavy atom. The fraction of sp³-hybridized carbons (Fsp3) is 0.429. The van der Waals surface area contributed by atoms with Crippen LogP contribution in [0.25, 0.3) is 11.1 Å². The lowest BCUT2D eigenvalue weighted by molar-refractivity contribution is -0.127. The molecule has 0 spiro atoms. The molecule has 0 bridgehead atoms. The SMILES string of the molecule is COc1ncc(-c2ccc(C(C#N)CNC(=O)C3(N)CCCCC3)cc2)cn1. The molecule has 146 valence electrons. The molecule has 1 unspecified atom stereocenters. The molecule has 7 nitrogen and oxygen atoms in total. The van der Waals surface area contributed by atoms with Gasteiger partial charge in [0.1, 0.15) is 0 Å². The van der Waals surface area contributed by atoms with Crippen molar-refractivity contribution in [3.8, 4) is 23.2 Å².